The summed E-state index contributed by atoms with van der Waals surface area (Å²) in [6.07, 6.45) is 1.69. The molecule has 0 aliphatic carbocycles. The average molecular weight is 253 g/mol. The molecule has 0 bridgehead atoms. The molecule has 0 saturated carbocycles. The summed E-state index contributed by atoms with van der Waals surface area (Å²) in [5, 5.41) is 17.7. The van der Waals surface area contributed by atoms with Gasteiger partial charge in [0.05, 0.1) is 0 Å². The number of carbonyl (C=O) groups is 2. The fourth-order valence-electron chi connectivity index (χ4n) is 1.66. The smallest absolute Gasteiger partial charge is 0.481 e. The van der Waals surface area contributed by atoms with E-state index in [2.05, 4.69) is 6.92 Å². The van der Waals surface area contributed by atoms with Crippen molar-refractivity contribution in [2.75, 3.05) is 13.1 Å². The van der Waals surface area contributed by atoms with Gasteiger partial charge in [-0.25, -0.2) is 0 Å². The van der Waals surface area contributed by atoms with Crippen LogP contribution in [0, 0.1) is 12.8 Å². The Morgan fingerprint density at radius 1 is 1.12 bits per heavy atom. The molecule has 0 radical (unpaired) electrons. The zero-order valence-corrected chi connectivity index (χ0v) is 12.8. The fourth-order valence-corrected chi connectivity index (χ4v) is 1.66. The third kappa shape index (κ3) is 6.41. The zero-order valence-electron chi connectivity index (χ0n) is 10.8. The van der Waals surface area contributed by atoms with Gasteiger partial charge in [0.25, 0.3) is 0 Å². The van der Waals surface area contributed by atoms with E-state index in [-0.39, 0.29) is 29.6 Å². The molecule has 94 valence electrons. The molecular formula is C11H20NNaO4. The molecule has 0 aliphatic rings. The van der Waals surface area contributed by atoms with Crippen LogP contribution in [-0.4, -0.2) is 46.2 Å². The second kappa shape index (κ2) is 9.88. The summed E-state index contributed by atoms with van der Waals surface area (Å²) in [6.45, 7) is 8.94. The van der Waals surface area contributed by atoms with Gasteiger partial charge in [-0.15, -0.1) is 0 Å². The summed E-state index contributed by atoms with van der Waals surface area (Å²) in [6, 6.07) is -0.727. The molecule has 2 N–H and O–H groups in total. The number of hydrogen-bond donors (Lipinski definition) is 2. The topological polar surface area (TPSA) is 77.8 Å². The Bertz CT molecular complexity index is 228. The number of carboxylic acids is 2. The first kappa shape index (κ1) is 19.2. The van der Waals surface area contributed by atoms with Crippen LogP contribution in [-0.2, 0) is 9.59 Å². The van der Waals surface area contributed by atoms with Crippen molar-refractivity contribution in [3.8, 4) is 0 Å². The maximum absolute atomic E-state index is 10.8. The monoisotopic (exact) mass is 253 g/mol. The second-order valence-electron chi connectivity index (χ2n) is 3.76. The second-order valence-corrected chi connectivity index (χ2v) is 3.76. The normalized spacial score (nSPS) is 12.3. The molecule has 0 aromatic rings. The van der Waals surface area contributed by atoms with E-state index in [9.17, 15) is 9.59 Å². The Kier molecular flexibility index (Phi) is 11.2. The van der Waals surface area contributed by atoms with E-state index in [0.29, 0.717) is 13.1 Å². The molecule has 1 unspecified atom stereocenters. The summed E-state index contributed by atoms with van der Waals surface area (Å²) >= 11 is 0. The van der Waals surface area contributed by atoms with Gasteiger partial charge in [0.15, 0.2) is 0 Å². The third-order valence-electron chi connectivity index (χ3n) is 2.41. The van der Waals surface area contributed by atoms with Gasteiger partial charge in [-0.05, 0) is 25.9 Å². The molecule has 1 atom stereocenters. The summed E-state index contributed by atoms with van der Waals surface area (Å²) in [4.78, 5) is 23.5. The third-order valence-corrected chi connectivity index (χ3v) is 2.41. The molecule has 0 aliphatic heterocycles. The first-order chi connectivity index (χ1) is 7.45. The summed E-state index contributed by atoms with van der Waals surface area (Å²) in [5.74, 6) is -4.12. The Morgan fingerprint density at radius 2 is 1.47 bits per heavy atom. The van der Waals surface area contributed by atoms with Crippen LogP contribution in [0.4, 0.5) is 0 Å². The minimum atomic E-state index is -1.46. The summed E-state index contributed by atoms with van der Waals surface area (Å²) in [5.41, 5.74) is 0. The van der Waals surface area contributed by atoms with Crippen LogP contribution < -0.4 is 29.6 Å². The van der Waals surface area contributed by atoms with Crippen LogP contribution in [0.1, 0.15) is 26.7 Å². The van der Waals surface area contributed by atoms with Crippen molar-refractivity contribution in [1.82, 2.24) is 4.90 Å². The number of rotatable bonds is 8. The number of nitrogens with zero attached hydrogens (tertiary/aromatic N) is 1. The van der Waals surface area contributed by atoms with Crippen LogP contribution in [0.5, 0.6) is 0 Å². The molecular weight excluding hydrogens is 233 g/mol. The first-order valence-electron chi connectivity index (χ1n) is 5.48. The number of aliphatic carboxylic acids is 2. The van der Waals surface area contributed by atoms with Crippen LogP contribution in [0.15, 0.2) is 0 Å². The van der Waals surface area contributed by atoms with Crippen molar-refractivity contribution in [1.29, 1.82) is 0 Å². The quantitative estimate of drug-likeness (QED) is 0.300. The number of carboxylic acid groups (broad SMARTS) is 2. The van der Waals surface area contributed by atoms with E-state index in [4.69, 9.17) is 10.2 Å². The first-order valence-corrected chi connectivity index (χ1v) is 5.48. The van der Waals surface area contributed by atoms with Gasteiger partial charge < -0.3 is 22.0 Å². The van der Waals surface area contributed by atoms with Crippen molar-refractivity contribution in [3.63, 3.8) is 0 Å². The molecule has 0 fully saturated rings. The van der Waals surface area contributed by atoms with Gasteiger partial charge in [0, 0.05) is 0 Å². The van der Waals surface area contributed by atoms with Gasteiger partial charge in [0.1, 0.15) is 5.92 Å². The average Bonchev–Trinajstić information content (AvgIpc) is 2.16. The van der Waals surface area contributed by atoms with Crippen LogP contribution >= 0.6 is 0 Å². The summed E-state index contributed by atoms with van der Waals surface area (Å²) < 4.78 is 0. The molecule has 0 aromatic carbocycles. The van der Waals surface area contributed by atoms with Crippen molar-refractivity contribution in [2.24, 2.45) is 5.92 Å². The molecule has 0 rings (SSSR count). The van der Waals surface area contributed by atoms with Crippen LogP contribution in [0.25, 0.3) is 0 Å². The molecule has 0 heterocycles. The SMILES string of the molecule is [CH2-]C(C(C(=O)O)C(=O)O)N(CCC)CCC.[Na+]. The Morgan fingerprint density at radius 3 is 1.71 bits per heavy atom. The summed E-state index contributed by atoms with van der Waals surface area (Å²) in [7, 11) is 0. The molecule has 17 heavy (non-hydrogen) atoms. The van der Waals surface area contributed by atoms with E-state index < -0.39 is 23.9 Å². The Hall–Kier alpha value is -0.100. The van der Waals surface area contributed by atoms with Gasteiger partial charge in [-0.1, -0.05) is 19.9 Å². The predicted octanol–water partition coefficient (Wildman–Crippen LogP) is -1.90. The van der Waals surface area contributed by atoms with E-state index in [1.54, 1.807) is 0 Å². The minimum absolute atomic E-state index is 0. The Balaban J connectivity index is 0. The van der Waals surface area contributed by atoms with E-state index >= 15 is 0 Å². The predicted molar refractivity (Wildman–Crippen MR) is 60.1 cm³/mol. The van der Waals surface area contributed by atoms with E-state index in [1.807, 2.05) is 18.7 Å². The maximum Gasteiger partial charge on any atom is 1.00 e. The van der Waals surface area contributed by atoms with Gasteiger partial charge in [-0.2, -0.15) is 0 Å². The van der Waals surface area contributed by atoms with Gasteiger partial charge in [0.2, 0.25) is 0 Å². The molecule has 0 saturated heterocycles. The van der Waals surface area contributed by atoms with Crippen molar-refractivity contribution >= 4 is 11.9 Å². The van der Waals surface area contributed by atoms with Crippen molar-refractivity contribution < 1.29 is 49.4 Å². The molecule has 0 spiro atoms. The maximum atomic E-state index is 10.8. The number of hydrogen-bond acceptors (Lipinski definition) is 3. The van der Waals surface area contributed by atoms with Crippen LogP contribution in [0.3, 0.4) is 0 Å². The van der Waals surface area contributed by atoms with Crippen molar-refractivity contribution in [2.45, 2.75) is 32.7 Å². The van der Waals surface area contributed by atoms with E-state index in [0.717, 1.165) is 12.8 Å². The molecule has 0 aromatic heterocycles. The minimum Gasteiger partial charge on any atom is -0.481 e. The Labute approximate surface area is 124 Å². The van der Waals surface area contributed by atoms with Crippen LogP contribution in [0.2, 0.25) is 0 Å². The molecule has 6 heteroatoms. The fraction of sp³-hybridized carbons (Fsp3) is 0.727. The standard InChI is InChI=1S/C11H20NO4.Na/c1-4-6-12(7-5-2)8(3)9(10(13)14)11(15)16;/h8-9H,3-7H2,1-2H3,(H,13,14)(H,15,16);/q-1;+1. The van der Waals surface area contributed by atoms with Crippen molar-refractivity contribution in [3.05, 3.63) is 6.92 Å². The van der Waals surface area contributed by atoms with Gasteiger partial charge >= 0.3 is 41.5 Å². The largest absolute Gasteiger partial charge is 1.00 e. The van der Waals surface area contributed by atoms with Gasteiger partial charge in [-0.3, -0.25) is 9.59 Å². The molecule has 5 nitrogen and oxygen atoms in total. The van der Waals surface area contributed by atoms with E-state index in [1.165, 1.54) is 0 Å². The zero-order chi connectivity index (χ0) is 12.7. The molecule has 0 amide bonds.